The van der Waals surface area contributed by atoms with E-state index in [2.05, 4.69) is 29.2 Å². The van der Waals surface area contributed by atoms with Crippen molar-refractivity contribution in [3.8, 4) is 0 Å². The van der Waals surface area contributed by atoms with Gasteiger partial charge in [0.05, 0.1) is 0 Å². The molecule has 0 spiro atoms. The van der Waals surface area contributed by atoms with Crippen LogP contribution in [0.25, 0.3) is 0 Å². The third kappa shape index (κ3) is 2.32. The molecular weight excluding hydrogens is 210 g/mol. The summed E-state index contributed by atoms with van der Waals surface area (Å²) in [6.45, 7) is 2.76. The summed E-state index contributed by atoms with van der Waals surface area (Å²) in [6.07, 6.45) is 6.09. The molecular formula is C15H21NO. The zero-order valence-electron chi connectivity index (χ0n) is 10.4. The van der Waals surface area contributed by atoms with Crippen molar-refractivity contribution < 1.29 is 5.11 Å². The summed E-state index contributed by atoms with van der Waals surface area (Å²) in [4.78, 5) is 2.46. The van der Waals surface area contributed by atoms with Crippen LogP contribution < -0.4 is 4.90 Å². The summed E-state index contributed by atoms with van der Waals surface area (Å²) in [5, 5.41) is 9.34. The van der Waals surface area contributed by atoms with Crippen LogP contribution in [0.3, 0.4) is 0 Å². The Morgan fingerprint density at radius 2 is 1.71 bits per heavy atom. The minimum absolute atomic E-state index is 0.231. The lowest BCUT2D eigenvalue weighted by Gasteiger charge is -2.18. The fourth-order valence-corrected chi connectivity index (χ4v) is 2.80. The molecule has 2 nitrogen and oxygen atoms in total. The van der Waals surface area contributed by atoms with Crippen molar-refractivity contribution in [2.75, 3.05) is 24.6 Å². The molecule has 1 aromatic rings. The maximum atomic E-state index is 9.34. The molecule has 1 saturated carbocycles. The Hall–Kier alpha value is -1.02. The fraction of sp³-hybridized carbons (Fsp3) is 0.600. The van der Waals surface area contributed by atoms with Crippen LogP contribution in [0.1, 0.15) is 31.2 Å². The number of anilines is 1. The molecule has 0 unspecified atom stereocenters. The highest BCUT2D eigenvalue weighted by Crippen LogP contribution is 2.47. The molecule has 0 amide bonds. The van der Waals surface area contributed by atoms with Crippen molar-refractivity contribution in [2.45, 2.75) is 32.1 Å². The molecule has 3 rings (SSSR count). The van der Waals surface area contributed by atoms with Gasteiger partial charge in [0.15, 0.2) is 0 Å². The van der Waals surface area contributed by atoms with E-state index < -0.39 is 0 Å². The molecule has 1 N–H and O–H groups in total. The molecule has 0 atom stereocenters. The van der Waals surface area contributed by atoms with E-state index >= 15 is 0 Å². The zero-order chi connectivity index (χ0) is 11.7. The Morgan fingerprint density at radius 3 is 2.24 bits per heavy atom. The maximum absolute atomic E-state index is 9.34. The van der Waals surface area contributed by atoms with Gasteiger partial charge in [-0.2, -0.15) is 0 Å². The van der Waals surface area contributed by atoms with E-state index in [0.29, 0.717) is 6.61 Å². The molecule has 17 heavy (non-hydrogen) atoms. The molecule has 92 valence electrons. The van der Waals surface area contributed by atoms with E-state index in [1.165, 1.54) is 50.0 Å². The van der Waals surface area contributed by atoms with Gasteiger partial charge in [0, 0.05) is 25.4 Å². The number of hydrogen-bond acceptors (Lipinski definition) is 2. The SMILES string of the molecule is OCC1(Cc2ccc(N3CCCC3)cc2)CC1. The first-order valence-electron chi connectivity index (χ1n) is 6.76. The van der Waals surface area contributed by atoms with Crippen molar-refractivity contribution in [1.82, 2.24) is 0 Å². The molecule has 2 heteroatoms. The highest BCUT2D eigenvalue weighted by molar-refractivity contribution is 5.48. The molecule has 2 fully saturated rings. The topological polar surface area (TPSA) is 23.5 Å². The normalized spacial score (nSPS) is 21.8. The van der Waals surface area contributed by atoms with Crippen molar-refractivity contribution in [2.24, 2.45) is 5.41 Å². The highest BCUT2D eigenvalue weighted by Gasteiger charge is 2.41. The molecule has 2 aliphatic rings. The quantitative estimate of drug-likeness (QED) is 0.861. The molecule has 0 aromatic heterocycles. The largest absolute Gasteiger partial charge is 0.396 e. The number of rotatable bonds is 4. The predicted molar refractivity (Wildman–Crippen MR) is 70.3 cm³/mol. The highest BCUT2D eigenvalue weighted by atomic mass is 16.3. The van der Waals surface area contributed by atoms with Gasteiger partial charge in [-0.15, -0.1) is 0 Å². The minimum Gasteiger partial charge on any atom is -0.396 e. The molecule has 0 radical (unpaired) electrons. The summed E-state index contributed by atoms with van der Waals surface area (Å²) < 4.78 is 0. The van der Waals surface area contributed by atoms with Crippen LogP contribution in [-0.2, 0) is 6.42 Å². The second-order valence-corrected chi connectivity index (χ2v) is 5.70. The van der Waals surface area contributed by atoms with Crippen LogP contribution in [-0.4, -0.2) is 24.8 Å². The summed E-state index contributed by atoms with van der Waals surface area (Å²) in [5.74, 6) is 0. The van der Waals surface area contributed by atoms with Crippen LogP contribution in [0.15, 0.2) is 24.3 Å². The summed E-state index contributed by atoms with van der Waals surface area (Å²) in [5.41, 5.74) is 2.97. The van der Waals surface area contributed by atoms with E-state index in [4.69, 9.17) is 0 Å². The van der Waals surface area contributed by atoms with Gasteiger partial charge in [0.25, 0.3) is 0 Å². The molecule has 1 saturated heterocycles. The Kier molecular flexibility index (Phi) is 2.83. The van der Waals surface area contributed by atoms with Gasteiger partial charge in [0.2, 0.25) is 0 Å². The van der Waals surface area contributed by atoms with Crippen molar-refractivity contribution >= 4 is 5.69 Å². The number of aliphatic hydroxyl groups excluding tert-OH is 1. The first kappa shape index (κ1) is 11.1. The summed E-state index contributed by atoms with van der Waals surface area (Å²) in [7, 11) is 0. The van der Waals surface area contributed by atoms with Gasteiger partial charge < -0.3 is 10.0 Å². The van der Waals surface area contributed by atoms with Crippen LogP contribution in [0.2, 0.25) is 0 Å². The predicted octanol–water partition coefficient (Wildman–Crippen LogP) is 2.60. The van der Waals surface area contributed by atoms with Gasteiger partial charge in [-0.25, -0.2) is 0 Å². The molecule has 0 bridgehead atoms. The molecule has 1 aromatic carbocycles. The Morgan fingerprint density at radius 1 is 1.06 bits per heavy atom. The lowest BCUT2D eigenvalue weighted by molar-refractivity contribution is 0.211. The van der Waals surface area contributed by atoms with Crippen molar-refractivity contribution in [1.29, 1.82) is 0 Å². The van der Waals surface area contributed by atoms with Gasteiger partial charge in [-0.05, 0) is 55.2 Å². The smallest absolute Gasteiger partial charge is 0.0490 e. The van der Waals surface area contributed by atoms with Crippen LogP contribution in [0.4, 0.5) is 5.69 Å². The maximum Gasteiger partial charge on any atom is 0.0490 e. The van der Waals surface area contributed by atoms with Gasteiger partial charge in [0.1, 0.15) is 0 Å². The third-order valence-corrected chi connectivity index (χ3v) is 4.28. The number of hydrogen-bond donors (Lipinski definition) is 1. The number of nitrogens with zero attached hydrogens (tertiary/aromatic N) is 1. The lowest BCUT2D eigenvalue weighted by atomic mass is 9.97. The molecule has 1 aliphatic carbocycles. The second kappa shape index (κ2) is 4.34. The van der Waals surface area contributed by atoms with Crippen LogP contribution in [0, 0.1) is 5.41 Å². The standard InChI is InChI=1S/C15H21NO/c17-12-15(7-8-15)11-13-3-5-14(6-4-13)16-9-1-2-10-16/h3-6,17H,1-2,7-12H2. The second-order valence-electron chi connectivity index (χ2n) is 5.70. The monoisotopic (exact) mass is 231 g/mol. The van der Waals surface area contributed by atoms with E-state index in [-0.39, 0.29) is 5.41 Å². The first-order chi connectivity index (χ1) is 8.31. The third-order valence-electron chi connectivity index (χ3n) is 4.28. The van der Waals surface area contributed by atoms with E-state index in [1.807, 2.05) is 0 Å². The molecule has 1 aliphatic heterocycles. The first-order valence-corrected chi connectivity index (χ1v) is 6.76. The average molecular weight is 231 g/mol. The average Bonchev–Trinajstić information content (AvgIpc) is 2.92. The molecule has 1 heterocycles. The van der Waals surface area contributed by atoms with Crippen molar-refractivity contribution in [3.63, 3.8) is 0 Å². The lowest BCUT2D eigenvalue weighted by Crippen LogP contribution is -2.17. The van der Waals surface area contributed by atoms with E-state index in [1.54, 1.807) is 0 Å². The minimum atomic E-state index is 0.231. The number of benzene rings is 1. The van der Waals surface area contributed by atoms with Gasteiger partial charge >= 0.3 is 0 Å². The summed E-state index contributed by atoms with van der Waals surface area (Å²) >= 11 is 0. The summed E-state index contributed by atoms with van der Waals surface area (Å²) in [6, 6.07) is 8.97. The van der Waals surface area contributed by atoms with Gasteiger partial charge in [-0.1, -0.05) is 12.1 Å². The zero-order valence-corrected chi connectivity index (χ0v) is 10.4. The van der Waals surface area contributed by atoms with Crippen LogP contribution >= 0.6 is 0 Å². The Labute approximate surface area is 103 Å². The van der Waals surface area contributed by atoms with Crippen LogP contribution in [0.5, 0.6) is 0 Å². The fourth-order valence-electron chi connectivity index (χ4n) is 2.80. The van der Waals surface area contributed by atoms with Gasteiger partial charge in [-0.3, -0.25) is 0 Å². The van der Waals surface area contributed by atoms with E-state index in [9.17, 15) is 5.11 Å². The Balaban J connectivity index is 1.67. The Bertz CT molecular complexity index is 374. The number of aliphatic hydroxyl groups is 1. The van der Waals surface area contributed by atoms with Crippen molar-refractivity contribution in [3.05, 3.63) is 29.8 Å². The van der Waals surface area contributed by atoms with E-state index in [0.717, 1.165) is 6.42 Å².